The van der Waals surface area contributed by atoms with E-state index in [2.05, 4.69) is 32.6 Å². The molecule has 0 aromatic heterocycles. The summed E-state index contributed by atoms with van der Waals surface area (Å²) in [7, 11) is 4.10. The molecule has 8 unspecified atom stereocenters. The van der Waals surface area contributed by atoms with E-state index in [1.165, 1.54) is 0 Å². The van der Waals surface area contributed by atoms with Crippen molar-refractivity contribution in [3.63, 3.8) is 0 Å². The molecule has 2 N–H and O–H groups in total. The van der Waals surface area contributed by atoms with Crippen LogP contribution in [0.4, 0.5) is 4.79 Å². The van der Waals surface area contributed by atoms with Crippen molar-refractivity contribution in [2.45, 2.75) is 90.9 Å². The molecule has 4 aliphatic carbocycles. The van der Waals surface area contributed by atoms with Crippen LogP contribution in [0.2, 0.25) is 0 Å². The summed E-state index contributed by atoms with van der Waals surface area (Å²) < 4.78 is 18.6. The Labute approximate surface area is 256 Å². The predicted octanol–water partition coefficient (Wildman–Crippen LogP) is 5.37. The SMILES string of the molecule is CCC(C)C(CO[C@@H]1C2COC[C@@]3(C[C@H]1OC(=O)O)C1=CC(=O)C4C(CCC(CC(C)C)[C@H]4C(=O)O)C1CCC23)N(C)C. The first-order chi connectivity index (χ1) is 20.4. The number of allylic oxidation sites excluding steroid dienone is 1. The van der Waals surface area contributed by atoms with Gasteiger partial charge in [0.25, 0.3) is 0 Å². The number of rotatable bonds is 10. The number of carbonyl (C=O) groups is 3. The molecule has 12 atom stereocenters. The van der Waals surface area contributed by atoms with Gasteiger partial charge in [0.2, 0.25) is 0 Å². The zero-order valence-electron chi connectivity index (χ0n) is 26.9. The van der Waals surface area contributed by atoms with Crippen LogP contribution in [0, 0.1) is 58.7 Å². The fourth-order valence-corrected chi connectivity index (χ4v) is 10.2. The number of fused-ring (bicyclic) bond motifs is 3. The highest BCUT2D eigenvalue weighted by atomic mass is 16.7. The maximum atomic E-state index is 14.0. The van der Waals surface area contributed by atoms with Crippen molar-refractivity contribution in [2.24, 2.45) is 58.7 Å². The minimum atomic E-state index is -1.31. The third kappa shape index (κ3) is 5.90. The molecule has 9 nitrogen and oxygen atoms in total. The molecule has 43 heavy (non-hydrogen) atoms. The van der Waals surface area contributed by atoms with Gasteiger partial charge in [-0.25, -0.2) is 4.79 Å². The second-order valence-corrected chi connectivity index (χ2v) is 15.0. The van der Waals surface area contributed by atoms with Crippen molar-refractivity contribution < 1.29 is 38.8 Å². The molecule has 0 amide bonds. The van der Waals surface area contributed by atoms with Gasteiger partial charge in [0.1, 0.15) is 6.10 Å². The molecule has 1 heterocycles. The highest BCUT2D eigenvalue weighted by Crippen LogP contribution is 2.64. The fraction of sp³-hybridized carbons (Fsp3) is 0.853. The molecule has 5 rings (SSSR count). The Morgan fingerprint density at radius 2 is 1.86 bits per heavy atom. The molecule has 9 heteroatoms. The van der Waals surface area contributed by atoms with Gasteiger partial charge in [0.15, 0.2) is 5.78 Å². The van der Waals surface area contributed by atoms with Crippen LogP contribution in [0.5, 0.6) is 0 Å². The first-order valence-electron chi connectivity index (χ1n) is 16.6. The third-order valence-electron chi connectivity index (χ3n) is 12.1. The number of carboxylic acid groups (broad SMARTS) is 2. The van der Waals surface area contributed by atoms with Crippen molar-refractivity contribution in [3.05, 3.63) is 11.6 Å². The van der Waals surface area contributed by atoms with Gasteiger partial charge in [-0.05, 0) is 94.2 Å². The van der Waals surface area contributed by atoms with E-state index < -0.39 is 41.6 Å². The summed E-state index contributed by atoms with van der Waals surface area (Å²) in [4.78, 5) is 40.8. The highest BCUT2D eigenvalue weighted by molar-refractivity contribution is 5.97. The molecule has 0 aromatic carbocycles. The Morgan fingerprint density at radius 3 is 2.49 bits per heavy atom. The summed E-state index contributed by atoms with van der Waals surface area (Å²) >= 11 is 0. The summed E-state index contributed by atoms with van der Waals surface area (Å²) in [5.74, 6) is -1.01. The summed E-state index contributed by atoms with van der Waals surface area (Å²) in [6.07, 6.45) is 5.16. The lowest BCUT2D eigenvalue weighted by Crippen LogP contribution is -2.64. The largest absolute Gasteiger partial charge is 0.506 e. The topological polar surface area (TPSA) is 123 Å². The first-order valence-corrected chi connectivity index (χ1v) is 16.6. The maximum absolute atomic E-state index is 14.0. The van der Waals surface area contributed by atoms with E-state index in [1.54, 1.807) is 6.08 Å². The van der Waals surface area contributed by atoms with Gasteiger partial charge < -0.3 is 29.3 Å². The van der Waals surface area contributed by atoms with Gasteiger partial charge in [-0.2, -0.15) is 0 Å². The lowest BCUT2D eigenvalue weighted by Gasteiger charge is -2.62. The number of ketones is 1. The zero-order valence-corrected chi connectivity index (χ0v) is 26.9. The average molecular weight is 604 g/mol. The van der Waals surface area contributed by atoms with Gasteiger partial charge in [-0.15, -0.1) is 0 Å². The number of hydrogen-bond donors (Lipinski definition) is 2. The summed E-state index contributed by atoms with van der Waals surface area (Å²) in [6.45, 7) is 9.99. The number of nitrogens with zero attached hydrogens (tertiary/aromatic N) is 1. The maximum Gasteiger partial charge on any atom is 0.506 e. The lowest BCUT2D eigenvalue weighted by atomic mass is 9.45. The Morgan fingerprint density at radius 1 is 1.12 bits per heavy atom. The smallest absolute Gasteiger partial charge is 0.481 e. The second kappa shape index (κ2) is 12.8. The molecule has 242 valence electrons. The number of ether oxygens (including phenoxy) is 3. The van der Waals surface area contributed by atoms with Gasteiger partial charge in [-0.3, -0.25) is 9.59 Å². The Bertz CT molecular complexity index is 1090. The fourth-order valence-electron chi connectivity index (χ4n) is 10.2. The number of carboxylic acids is 1. The standard InChI is InChI=1S/C34H53NO8/c1-7-19(4)26(35(5)6)16-42-31-23-15-41-17-34(14-28(31)43-33(39)40)24(23)11-10-21-22-9-8-20(12-18(2)3)29(32(37)38)30(22)27(36)13-25(21)34/h13,18-24,26,28-31H,7-12,14-17H2,1-6H3,(H,37,38)(H,39,40)/t19?,20?,21?,22?,23?,24?,26?,28-,29-,30?,31-,34-/m1/s1. The first kappa shape index (κ1) is 32.4. The lowest BCUT2D eigenvalue weighted by molar-refractivity contribution is -0.220. The highest BCUT2D eigenvalue weighted by Gasteiger charge is 2.64. The Balaban J connectivity index is 1.47. The number of aliphatic carboxylic acids is 1. The number of hydrogen-bond acceptors (Lipinski definition) is 7. The van der Waals surface area contributed by atoms with Gasteiger partial charge >= 0.3 is 12.1 Å². The van der Waals surface area contributed by atoms with Crippen LogP contribution in [0.1, 0.15) is 72.6 Å². The van der Waals surface area contributed by atoms with Crippen molar-refractivity contribution >= 4 is 17.9 Å². The van der Waals surface area contributed by atoms with E-state index in [0.29, 0.717) is 38.1 Å². The molecular weight excluding hydrogens is 550 g/mol. The normalized spacial score (nSPS) is 40.1. The van der Waals surface area contributed by atoms with Crippen LogP contribution in [0.15, 0.2) is 11.6 Å². The van der Waals surface area contributed by atoms with Crippen LogP contribution in [0.25, 0.3) is 0 Å². The van der Waals surface area contributed by atoms with Crippen LogP contribution >= 0.6 is 0 Å². The quantitative estimate of drug-likeness (QED) is 0.317. The monoisotopic (exact) mass is 603 g/mol. The molecule has 0 radical (unpaired) electrons. The third-order valence-corrected chi connectivity index (χ3v) is 12.1. The molecule has 0 spiro atoms. The molecule has 1 aliphatic heterocycles. The summed E-state index contributed by atoms with van der Waals surface area (Å²) in [5.41, 5.74) is 0.562. The molecule has 5 aliphatic rings. The molecule has 1 saturated heterocycles. The van der Waals surface area contributed by atoms with E-state index in [9.17, 15) is 24.6 Å². The minimum Gasteiger partial charge on any atom is -0.481 e. The minimum absolute atomic E-state index is 0.00286. The number of carbonyl (C=O) groups excluding carboxylic acids is 1. The van der Waals surface area contributed by atoms with Crippen molar-refractivity contribution in [1.82, 2.24) is 4.90 Å². The van der Waals surface area contributed by atoms with Crippen LogP contribution in [-0.2, 0) is 23.8 Å². The van der Waals surface area contributed by atoms with Crippen LogP contribution < -0.4 is 0 Å². The van der Waals surface area contributed by atoms with E-state index in [0.717, 1.165) is 44.1 Å². The van der Waals surface area contributed by atoms with E-state index in [-0.39, 0.29) is 41.4 Å². The van der Waals surface area contributed by atoms with Gasteiger partial charge in [0.05, 0.1) is 31.8 Å². The molecular formula is C34H53NO8. The number of likely N-dealkylation sites (N-methyl/N-ethyl adjacent to an activating group) is 1. The van der Waals surface area contributed by atoms with Crippen molar-refractivity contribution in [2.75, 3.05) is 33.9 Å². The second-order valence-electron chi connectivity index (χ2n) is 15.0. The van der Waals surface area contributed by atoms with Crippen LogP contribution in [0.3, 0.4) is 0 Å². The van der Waals surface area contributed by atoms with Crippen molar-refractivity contribution in [1.29, 1.82) is 0 Å². The Hall–Kier alpha value is -1.97. The van der Waals surface area contributed by atoms with Gasteiger partial charge in [0, 0.05) is 23.3 Å². The molecule has 3 saturated carbocycles. The average Bonchev–Trinajstić information content (AvgIpc) is 2.93. The predicted molar refractivity (Wildman–Crippen MR) is 161 cm³/mol. The van der Waals surface area contributed by atoms with Crippen molar-refractivity contribution in [3.8, 4) is 0 Å². The molecule has 4 fully saturated rings. The van der Waals surface area contributed by atoms with E-state index in [4.69, 9.17) is 14.2 Å². The summed E-state index contributed by atoms with van der Waals surface area (Å²) in [5, 5.41) is 20.1. The van der Waals surface area contributed by atoms with Gasteiger partial charge in [-0.1, -0.05) is 39.7 Å². The summed E-state index contributed by atoms with van der Waals surface area (Å²) in [6, 6.07) is 0.186. The zero-order chi connectivity index (χ0) is 31.2. The van der Waals surface area contributed by atoms with E-state index in [1.807, 2.05) is 14.1 Å². The van der Waals surface area contributed by atoms with Crippen LogP contribution in [-0.4, -0.2) is 85.2 Å². The Kier molecular flexibility index (Phi) is 9.65. The van der Waals surface area contributed by atoms with E-state index >= 15 is 0 Å². The molecule has 0 aromatic rings. The molecule has 2 bridgehead atoms.